The summed E-state index contributed by atoms with van der Waals surface area (Å²) in [7, 11) is 3.62. The van der Waals surface area contributed by atoms with Gasteiger partial charge in [0.05, 0.1) is 12.7 Å². The minimum atomic E-state index is 0.593. The molecule has 20 heavy (non-hydrogen) atoms. The van der Waals surface area contributed by atoms with Crippen molar-refractivity contribution in [2.24, 2.45) is 0 Å². The number of benzene rings is 1. The molecule has 2 aromatic rings. The number of para-hydroxylation sites is 1. The summed E-state index contributed by atoms with van der Waals surface area (Å²) in [5, 5.41) is 9.10. The van der Waals surface area contributed by atoms with Crippen LogP contribution in [0.4, 0.5) is 5.82 Å². The van der Waals surface area contributed by atoms with E-state index in [1.165, 1.54) is 0 Å². The Morgan fingerprint density at radius 2 is 2.05 bits per heavy atom. The van der Waals surface area contributed by atoms with Crippen molar-refractivity contribution in [2.75, 3.05) is 25.6 Å². The summed E-state index contributed by atoms with van der Waals surface area (Å²) >= 11 is 0. The summed E-state index contributed by atoms with van der Waals surface area (Å²) in [6.07, 6.45) is 2.54. The fourth-order valence-electron chi connectivity index (χ4n) is 2.09. The van der Waals surface area contributed by atoms with Crippen molar-refractivity contribution in [1.29, 1.82) is 5.26 Å². The molecule has 0 atom stereocenters. The van der Waals surface area contributed by atoms with Gasteiger partial charge < -0.3 is 9.64 Å². The van der Waals surface area contributed by atoms with E-state index in [1.54, 1.807) is 25.4 Å². The fourth-order valence-corrected chi connectivity index (χ4v) is 2.09. The SMILES string of the molecule is COc1ccccc1CCN(C)c1ncccc1C#N. The molecule has 4 nitrogen and oxygen atoms in total. The Kier molecular flexibility index (Phi) is 4.56. The first-order valence-corrected chi connectivity index (χ1v) is 6.44. The van der Waals surface area contributed by atoms with Gasteiger partial charge >= 0.3 is 0 Å². The van der Waals surface area contributed by atoms with Crippen LogP contribution in [0.1, 0.15) is 11.1 Å². The number of anilines is 1. The zero-order chi connectivity index (χ0) is 14.4. The largest absolute Gasteiger partial charge is 0.496 e. The van der Waals surface area contributed by atoms with E-state index in [2.05, 4.69) is 17.1 Å². The average molecular weight is 267 g/mol. The van der Waals surface area contributed by atoms with Gasteiger partial charge in [-0.3, -0.25) is 0 Å². The van der Waals surface area contributed by atoms with E-state index in [9.17, 15) is 0 Å². The first-order valence-electron chi connectivity index (χ1n) is 6.44. The average Bonchev–Trinajstić information content (AvgIpc) is 2.52. The molecule has 0 unspecified atom stereocenters. The second kappa shape index (κ2) is 6.58. The smallest absolute Gasteiger partial charge is 0.146 e. The maximum Gasteiger partial charge on any atom is 0.146 e. The molecule has 0 amide bonds. The number of hydrogen-bond donors (Lipinski definition) is 0. The number of nitriles is 1. The number of ether oxygens (including phenoxy) is 1. The summed E-state index contributed by atoms with van der Waals surface area (Å²) in [5.74, 6) is 1.60. The molecule has 0 aliphatic carbocycles. The van der Waals surface area contributed by atoms with Gasteiger partial charge in [0, 0.05) is 19.8 Å². The Bertz CT molecular complexity index is 619. The lowest BCUT2D eigenvalue weighted by atomic mass is 10.1. The topological polar surface area (TPSA) is 49.1 Å². The molecule has 1 aromatic carbocycles. The van der Waals surface area contributed by atoms with Gasteiger partial charge in [-0.1, -0.05) is 18.2 Å². The van der Waals surface area contributed by atoms with E-state index in [4.69, 9.17) is 10.00 Å². The van der Waals surface area contributed by atoms with Gasteiger partial charge in [-0.05, 0) is 30.2 Å². The van der Waals surface area contributed by atoms with Crippen LogP contribution in [0.25, 0.3) is 0 Å². The highest BCUT2D eigenvalue weighted by atomic mass is 16.5. The molecule has 0 saturated heterocycles. The first kappa shape index (κ1) is 13.9. The number of hydrogen-bond acceptors (Lipinski definition) is 4. The predicted molar refractivity (Wildman–Crippen MR) is 78.9 cm³/mol. The quantitative estimate of drug-likeness (QED) is 0.835. The first-order chi connectivity index (χ1) is 9.76. The summed E-state index contributed by atoms with van der Waals surface area (Å²) in [5.41, 5.74) is 1.74. The molecule has 4 heteroatoms. The molecular formula is C16H17N3O. The van der Waals surface area contributed by atoms with E-state index in [-0.39, 0.29) is 0 Å². The van der Waals surface area contributed by atoms with Crippen molar-refractivity contribution in [2.45, 2.75) is 6.42 Å². The monoisotopic (exact) mass is 267 g/mol. The molecule has 0 bridgehead atoms. The van der Waals surface area contributed by atoms with Crippen LogP contribution in [-0.2, 0) is 6.42 Å². The molecule has 0 fully saturated rings. The van der Waals surface area contributed by atoms with Gasteiger partial charge in [0.2, 0.25) is 0 Å². The van der Waals surface area contributed by atoms with Gasteiger partial charge in [-0.25, -0.2) is 4.98 Å². The Morgan fingerprint density at radius 1 is 1.25 bits per heavy atom. The van der Waals surface area contributed by atoms with E-state index >= 15 is 0 Å². The number of likely N-dealkylation sites (N-methyl/N-ethyl adjacent to an activating group) is 1. The molecule has 2 rings (SSSR count). The second-order valence-corrected chi connectivity index (χ2v) is 4.47. The predicted octanol–water partition coefficient (Wildman–Crippen LogP) is 2.64. The Labute approximate surface area is 119 Å². The molecule has 0 aliphatic heterocycles. The third kappa shape index (κ3) is 3.07. The van der Waals surface area contributed by atoms with E-state index in [0.29, 0.717) is 11.4 Å². The van der Waals surface area contributed by atoms with Crippen LogP contribution in [0.5, 0.6) is 5.75 Å². The minimum Gasteiger partial charge on any atom is -0.496 e. The summed E-state index contributed by atoms with van der Waals surface area (Å²) in [6, 6.07) is 13.7. The van der Waals surface area contributed by atoms with E-state index in [0.717, 1.165) is 24.3 Å². The van der Waals surface area contributed by atoms with Gasteiger partial charge in [-0.2, -0.15) is 5.26 Å². The van der Waals surface area contributed by atoms with Crippen LogP contribution in [0.3, 0.4) is 0 Å². The highest BCUT2D eigenvalue weighted by Gasteiger charge is 2.09. The van der Waals surface area contributed by atoms with Crippen molar-refractivity contribution < 1.29 is 4.74 Å². The second-order valence-electron chi connectivity index (χ2n) is 4.47. The third-order valence-electron chi connectivity index (χ3n) is 3.18. The summed E-state index contributed by atoms with van der Waals surface area (Å²) < 4.78 is 5.34. The molecule has 0 saturated carbocycles. The van der Waals surface area contributed by atoms with Gasteiger partial charge in [0.25, 0.3) is 0 Å². The zero-order valence-electron chi connectivity index (χ0n) is 11.7. The number of rotatable bonds is 5. The summed E-state index contributed by atoms with van der Waals surface area (Å²) in [4.78, 5) is 6.27. The molecular weight excluding hydrogens is 250 g/mol. The lowest BCUT2D eigenvalue weighted by Gasteiger charge is -2.19. The summed E-state index contributed by atoms with van der Waals surface area (Å²) in [6.45, 7) is 0.770. The Hall–Kier alpha value is -2.54. The Balaban J connectivity index is 2.09. The molecule has 102 valence electrons. The fraction of sp³-hybridized carbons (Fsp3) is 0.250. The maximum atomic E-state index is 9.10. The lowest BCUT2D eigenvalue weighted by Crippen LogP contribution is -2.22. The number of aromatic nitrogens is 1. The van der Waals surface area contributed by atoms with Crippen molar-refractivity contribution in [1.82, 2.24) is 4.98 Å². The van der Waals surface area contributed by atoms with Crippen LogP contribution in [-0.4, -0.2) is 25.7 Å². The maximum absolute atomic E-state index is 9.10. The van der Waals surface area contributed by atoms with Gasteiger partial charge in [-0.15, -0.1) is 0 Å². The highest BCUT2D eigenvalue weighted by Crippen LogP contribution is 2.20. The molecule has 0 radical (unpaired) electrons. The highest BCUT2D eigenvalue weighted by molar-refractivity contribution is 5.53. The normalized spacial score (nSPS) is 9.85. The van der Waals surface area contributed by atoms with E-state index < -0.39 is 0 Å². The van der Waals surface area contributed by atoms with Crippen molar-refractivity contribution >= 4 is 5.82 Å². The number of pyridine rings is 1. The van der Waals surface area contributed by atoms with Crippen LogP contribution in [0.2, 0.25) is 0 Å². The van der Waals surface area contributed by atoms with E-state index in [1.807, 2.05) is 30.1 Å². The molecule has 0 aliphatic rings. The van der Waals surface area contributed by atoms with Crippen LogP contribution in [0.15, 0.2) is 42.6 Å². The minimum absolute atomic E-state index is 0.593. The molecule has 0 spiro atoms. The van der Waals surface area contributed by atoms with Crippen molar-refractivity contribution in [3.8, 4) is 11.8 Å². The molecule has 0 N–H and O–H groups in total. The molecule has 1 aromatic heterocycles. The van der Waals surface area contributed by atoms with Crippen molar-refractivity contribution in [3.63, 3.8) is 0 Å². The Morgan fingerprint density at radius 3 is 2.80 bits per heavy atom. The van der Waals surface area contributed by atoms with Crippen LogP contribution < -0.4 is 9.64 Å². The van der Waals surface area contributed by atoms with Crippen LogP contribution in [0, 0.1) is 11.3 Å². The lowest BCUT2D eigenvalue weighted by molar-refractivity contribution is 0.409. The van der Waals surface area contributed by atoms with Gasteiger partial charge in [0.1, 0.15) is 17.6 Å². The number of nitrogens with zero attached hydrogens (tertiary/aromatic N) is 3. The zero-order valence-corrected chi connectivity index (χ0v) is 11.7. The molecule has 1 heterocycles. The third-order valence-corrected chi connectivity index (χ3v) is 3.18. The van der Waals surface area contributed by atoms with Crippen molar-refractivity contribution in [3.05, 3.63) is 53.7 Å². The van der Waals surface area contributed by atoms with Crippen LogP contribution >= 0.6 is 0 Å². The van der Waals surface area contributed by atoms with Gasteiger partial charge in [0.15, 0.2) is 0 Å². The number of methoxy groups -OCH3 is 1. The standard InChI is InChI=1S/C16H17N3O/c1-19(16-14(12-17)7-5-10-18-16)11-9-13-6-3-4-8-15(13)20-2/h3-8,10H,9,11H2,1-2H3.